The normalized spacial score (nSPS) is 15.5. The van der Waals surface area contributed by atoms with Crippen molar-refractivity contribution in [1.82, 2.24) is 14.5 Å². The van der Waals surface area contributed by atoms with E-state index in [0.717, 1.165) is 91.3 Å². The molecule has 1 heterocycles. The molecule has 59 heavy (non-hydrogen) atoms. The van der Waals surface area contributed by atoms with Gasteiger partial charge in [0.05, 0.1) is 4.92 Å². The maximum absolute atomic E-state index is 13.0. The van der Waals surface area contributed by atoms with Crippen LogP contribution in [0.2, 0.25) is 5.02 Å². The van der Waals surface area contributed by atoms with E-state index in [1.165, 1.54) is 30.2 Å². The number of nitro benzene ring substituents is 1. The Morgan fingerprint density at radius 3 is 2.27 bits per heavy atom. The van der Waals surface area contributed by atoms with Crippen molar-refractivity contribution >= 4 is 63.9 Å². The van der Waals surface area contributed by atoms with Gasteiger partial charge in [0.1, 0.15) is 5.69 Å². The minimum atomic E-state index is -0.399. The van der Waals surface area contributed by atoms with Crippen LogP contribution >= 0.6 is 35.3 Å². The number of carbonyl (C=O) groups excluding carboxylic acids is 1. The highest BCUT2D eigenvalue weighted by Gasteiger charge is 2.29. The molecule has 0 radical (unpaired) electrons. The fourth-order valence-corrected chi connectivity index (χ4v) is 9.04. The van der Waals surface area contributed by atoms with Crippen LogP contribution in [0.25, 0.3) is 5.57 Å². The highest BCUT2D eigenvalue weighted by atomic mass is 35.5. The van der Waals surface area contributed by atoms with E-state index in [9.17, 15) is 14.9 Å². The highest BCUT2D eigenvalue weighted by molar-refractivity contribution is 7.99. The van der Waals surface area contributed by atoms with Crippen LogP contribution in [0.3, 0.4) is 0 Å². The second-order valence-corrected chi connectivity index (χ2v) is 19.0. The van der Waals surface area contributed by atoms with Crippen molar-refractivity contribution in [1.29, 1.82) is 0 Å². The van der Waals surface area contributed by atoms with Gasteiger partial charge in [-0.05, 0) is 128 Å². The maximum atomic E-state index is 13.0. The average Bonchev–Trinajstić information content (AvgIpc) is 3.22. The fraction of sp³-hybridized carbons (Fsp3) is 0.426. The monoisotopic (exact) mass is 856 g/mol. The van der Waals surface area contributed by atoms with Crippen LogP contribution in [0.1, 0.15) is 69.8 Å². The average molecular weight is 858 g/mol. The zero-order chi connectivity index (χ0) is 42.4. The van der Waals surface area contributed by atoms with Crippen molar-refractivity contribution in [2.75, 3.05) is 75.4 Å². The molecule has 1 saturated heterocycles. The third-order valence-electron chi connectivity index (χ3n) is 10.7. The molecule has 4 aromatic rings. The summed E-state index contributed by atoms with van der Waals surface area (Å²) in [7, 11) is 2.15. The van der Waals surface area contributed by atoms with Crippen LogP contribution in [-0.2, 0) is 0 Å². The van der Waals surface area contributed by atoms with Gasteiger partial charge in [-0.1, -0.05) is 82.1 Å². The lowest BCUT2D eigenvalue weighted by Crippen LogP contribution is -2.47. The number of carbonyl (C=O) groups is 1. The molecule has 0 bridgehead atoms. The van der Waals surface area contributed by atoms with Crippen molar-refractivity contribution in [3.05, 3.63) is 129 Å². The molecule has 0 unspecified atom stereocenters. The molecule has 1 fully saturated rings. The number of halogens is 1. The number of rotatable bonds is 16. The van der Waals surface area contributed by atoms with Crippen molar-refractivity contribution in [3.8, 4) is 0 Å². The summed E-state index contributed by atoms with van der Waals surface area (Å²) < 4.78 is 2.84. The predicted octanol–water partition coefficient (Wildman–Crippen LogP) is 11.3. The number of hydrogen-bond donors (Lipinski definition) is 2. The lowest BCUT2D eigenvalue weighted by Gasteiger charge is -2.39. The molecule has 12 heteroatoms. The molecule has 4 aromatic carbocycles. The third-order valence-corrected chi connectivity index (χ3v) is 12.8. The van der Waals surface area contributed by atoms with Crippen LogP contribution in [-0.4, -0.2) is 85.8 Å². The zero-order valence-electron chi connectivity index (χ0n) is 35.5. The van der Waals surface area contributed by atoms with Gasteiger partial charge >= 0.3 is 0 Å². The van der Waals surface area contributed by atoms with Gasteiger partial charge in [0.2, 0.25) is 0 Å². The number of piperazine rings is 1. The number of amides is 1. The Kier molecular flexibility index (Phi) is 17.6. The molecule has 0 atom stereocenters. The minimum Gasteiger partial charge on any atom is -0.379 e. The number of nitro groups is 1. The molecule has 1 amide bonds. The van der Waals surface area contributed by atoms with Crippen molar-refractivity contribution < 1.29 is 9.72 Å². The van der Waals surface area contributed by atoms with Gasteiger partial charge in [-0.15, -0.1) is 11.8 Å². The Balaban J connectivity index is 0.000000749. The van der Waals surface area contributed by atoms with Crippen LogP contribution in [0.5, 0.6) is 0 Å². The lowest BCUT2D eigenvalue weighted by atomic mass is 9.73. The van der Waals surface area contributed by atoms with Crippen LogP contribution in [0.4, 0.5) is 17.1 Å². The molecule has 0 saturated carbocycles. The van der Waals surface area contributed by atoms with E-state index >= 15 is 0 Å². The summed E-state index contributed by atoms with van der Waals surface area (Å²) in [6, 6.07) is 31.0. The van der Waals surface area contributed by atoms with Gasteiger partial charge in [-0.25, -0.2) is 0 Å². The summed E-state index contributed by atoms with van der Waals surface area (Å²) in [5.41, 5.74) is 6.70. The lowest BCUT2D eigenvalue weighted by molar-refractivity contribution is -0.384. The maximum Gasteiger partial charge on any atom is 0.293 e. The molecule has 2 N–H and O–H groups in total. The molecule has 9 nitrogen and oxygen atoms in total. The first-order valence-electron chi connectivity index (χ1n) is 20.7. The third kappa shape index (κ3) is 14.6. The topological polar surface area (TPSA) is 94.0 Å². The van der Waals surface area contributed by atoms with Gasteiger partial charge in [0, 0.05) is 83.7 Å². The second kappa shape index (κ2) is 22.6. The Morgan fingerprint density at radius 2 is 1.64 bits per heavy atom. The number of hydrogen-bond acceptors (Lipinski definition) is 9. The molecule has 6 rings (SSSR count). The number of allylic oxidation sites excluding steroid dienone is 1. The number of nitrogens with one attached hydrogen (secondary N) is 2. The van der Waals surface area contributed by atoms with Crippen molar-refractivity contribution in [3.63, 3.8) is 0 Å². The number of nitrogens with zero attached hydrogens (tertiary/aromatic N) is 4. The standard InChI is InChI=1S/C40H44ClN5O3S2.C7H17N/c1-40(2)19-18-36(29-8-12-32(41)13-9-29)31(27-40)28-44-21-23-45(24-22-44)33-14-10-30(11-15-33)39(47)43-51-35-16-17-37(38(26-35)46(48)49)42-20-25-50-34-6-4-3-5-7-34;1-5-8(4)6-7(2)3/h3-17,26,42H,18-25,27-28H2,1-2H3,(H,43,47);7H,5-6H2,1-4H3. The van der Waals surface area contributed by atoms with E-state index in [-0.39, 0.29) is 11.6 Å². The van der Waals surface area contributed by atoms with Crippen LogP contribution in [0.15, 0.2) is 112 Å². The largest absolute Gasteiger partial charge is 0.379 e. The SMILES string of the molecule is CC1(C)CCC(c2ccc(Cl)cc2)=C(CN2CCN(c3ccc(C(=O)NSc4ccc(NCCSc5ccccc5)c([N+](=O)[O-])c4)cc3)CC2)C1.CCN(C)CC(C)C. The smallest absolute Gasteiger partial charge is 0.293 e. The van der Waals surface area contributed by atoms with E-state index in [4.69, 9.17) is 11.6 Å². The Hall–Kier alpha value is -4.00. The van der Waals surface area contributed by atoms with Gasteiger partial charge in [0.15, 0.2) is 0 Å². The van der Waals surface area contributed by atoms with E-state index < -0.39 is 4.92 Å². The van der Waals surface area contributed by atoms with Gasteiger partial charge < -0.3 is 15.1 Å². The van der Waals surface area contributed by atoms with Crippen molar-refractivity contribution in [2.45, 2.75) is 63.7 Å². The predicted molar refractivity (Wildman–Crippen MR) is 251 cm³/mol. The molecular formula is C47H61ClN6O3S2. The summed E-state index contributed by atoms with van der Waals surface area (Å²) in [4.78, 5) is 33.4. The van der Waals surface area contributed by atoms with E-state index in [0.29, 0.717) is 28.1 Å². The van der Waals surface area contributed by atoms with Gasteiger partial charge in [-0.3, -0.25) is 24.5 Å². The molecule has 1 aliphatic heterocycles. The summed E-state index contributed by atoms with van der Waals surface area (Å²) in [5, 5.41) is 15.8. The Bertz CT molecular complexity index is 1990. The summed E-state index contributed by atoms with van der Waals surface area (Å²) in [6.07, 6.45) is 3.40. The highest BCUT2D eigenvalue weighted by Crippen LogP contribution is 2.43. The molecule has 316 valence electrons. The molecule has 1 aliphatic carbocycles. The molecular weight excluding hydrogens is 796 g/mol. The first-order valence-corrected chi connectivity index (χ1v) is 22.9. The zero-order valence-corrected chi connectivity index (χ0v) is 37.9. The van der Waals surface area contributed by atoms with Crippen LogP contribution in [0, 0.1) is 21.4 Å². The Morgan fingerprint density at radius 1 is 0.949 bits per heavy atom. The minimum absolute atomic E-state index is 0.0234. The van der Waals surface area contributed by atoms with Crippen molar-refractivity contribution in [2.24, 2.45) is 11.3 Å². The van der Waals surface area contributed by atoms with E-state index in [2.05, 4.69) is 78.5 Å². The number of benzene rings is 4. The molecule has 0 spiro atoms. The van der Waals surface area contributed by atoms with E-state index in [1.807, 2.05) is 66.7 Å². The summed E-state index contributed by atoms with van der Waals surface area (Å²) in [5.74, 6) is 1.33. The fourth-order valence-electron chi connectivity index (χ4n) is 7.48. The summed E-state index contributed by atoms with van der Waals surface area (Å²) >= 11 is 8.95. The molecule has 2 aliphatic rings. The first-order chi connectivity index (χ1) is 28.3. The molecule has 0 aromatic heterocycles. The Labute approximate surface area is 365 Å². The van der Waals surface area contributed by atoms with Gasteiger partial charge in [0.25, 0.3) is 11.6 Å². The van der Waals surface area contributed by atoms with E-state index in [1.54, 1.807) is 29.5 Å². The quantitative estimate of drug-likeness (QED) is 0.0376. The number of anilines is 2. The van der Waals surface area contributed by atoms with Gasteiger partial charge in [-0.2, -0.15) is 0 Å². The number of thioether (sulfide) groups is 1. The first kappa shape index (κ1) is 46.1. The van der Waals surface area contributed by atoms with Crippen LogP contribution < -0.4 is 14.9 Å². The second-order valence-electron chi connectivity index (χ2n) is 16.5. The summed E-state index contributed by atoms with van der Waals surface area (Å²) in [6.45, 7) is 19.2.